The molecule has 0 spiro atoms. The van der Waals surface area contributed by atoms with Gasteiger partial charge in [-0.3, -0.25) is 9.59 Å². The standard InChI is InChI=1S/C24H27N3O2S/c28-23(25-19-6-2-3-7-19)18-11-14-26(15-12-18)24(29)21-9-10-22(30-21)27-16-13-17-5-1-4-8-20(17)27/h1,4-5,8-10,13,16,18-19H,2-3,6-7,11-12,14-15H2,(H,25,28). The second-order valence-electron chi connectivity index (χ2n) is 8.44. The van der Waals surface area contributed by atoms with E-state index < -0.39 is 0 Å². The van der Waals surface area contributed by atoms with E-state index in [9.17, 15) is 9.59 Å². The van der Waals surface area contributed by atoms with Crippen LogP contribution in [0.1, 0.15) is 48.2 Å². The van der Waals surface area contributed by atoms with Gasteiger partial charge < -0.3 is 14.8 Å². The highest BCUT2D eigenvalue weighted by Gasteiger charge is 2.30. The van der Waals surface area contributed by atoms with Crippen LogP contribution in [0.4, 0.5) is 0 Å². The first-order valence-corrected chi connectivity index (χ1v) is 11.8. The molecule has 1 aliphatic heterocycles. The largest absolute Gasteiger partial charge is 0.353 e. The van der Waals surface area contributed by atoms with E-state index in [1.54, 1.807) is 0 Å². The molecule has 2 amide bonds. The minimum Gasteiger partial charge on any atom is -0.353 e. The van der Waals surface area contributed by atoms with E-state index in [0.29, 0.717) is 19.1 Å². The van der Waals surface area contributed by atoms with Crippen LogP contribution in [0, 0.1) is 5.92 Å². The molecule has 6 heteroatoms. The van der Waals surface area contributed by atoms with Crippen molar-refractivity contribution >= 4 is 34.1 Å². The highest BCUT2D eigenvalue weighted by Crippen LogP contribution is 2.28. The zero-order valence-corrected chi connectivity index (χ0v) is 17.9. The Morgan fingerprint density at radius 1 is 0.933 bits per heavy atom. The molecule has 5 nitrogen and oxygen atoms in total. The number of benzene rings is 1. The van der Waals surface area contributed by atoms with Crippen LogP contribution in [0.5, 0.6) is 0 Å². The molecule has 0 unspecified atom stereocenters. The number of rotatable bonds is 4. The summed E-state index contributed by atoms with van der Waals surface area (Å²) in [6.07, 6.45) is 8.23. The topological polar surface area (TPSA) is 54.3 Å². The van der Waals surface area contributed by atoms with Gasteiger partial charge in [0.25, 0.3) is 5.91 Å². The summed E-state index contributed by atoms with van der Waals surface area (Å²) in [4.78, 5) is 28.2. The maximum absolute atomic E-state index is 13.0. The van der Waals surface area contributed by atoms with Gasteiger partial charge in [0.2, 0.25) is 5.91 Å². The predicted molar refractivity (Wildman–Crippen MR) is 120 cm³/mol. The summed E-state index contributed by atoms with van der Waals surface area (Å²) in [5.41, 5.74) is 1.15. The Bertz CT molecular complexity index is 1060. The Balaban J connectivity index is 1.22. The molecule has 2 aliphatic rings. The summed E-state index contributed by atoms with van der Waals surface area (Å²) in [6.45, 7) is 1.31. The highest BCUT2D eigenvalue weighted by molar-refractivity contribution is 7.16. The minimum atomic E-state index is 0.0415. The van der Waals surface area contributed by atoms with Crippen LogP contribution in [0.25, 0.3) is 15.9 Å². The number of carbonyl (C=O) groups excluding carboxylic acids is 2. The number of hydrogen-bond donors (Lipinski definition) is 1. The zero-order chi connectivity index (χ0) is 20.5. The number of fused-ring (bicyclic) bond motifs is 1. The van der Waals surface area contributed by atoms with Crippen molar-refractivity contribution in [3.8, 4) is 5.00 Å². The Morgan fingerprint density at radius 3 is 2.50 bits per heavy atom. The normalized spacial score (nSPS) is 18.2. The zero-order valence-electron chi connectivity index (χ0n) is 17.0. The number of likely N-dealkylation sites (tertiary alicyclic amines) is 1. The molecule has 0 radical (unpaired) electrons. The van der Waals surface area contributed by atoms with Crippen LogP contribution >= 0.6 is 11.3 Å². The van der Waals surface area contributed by atoms with E-state index in [2.05, 4.69) is 34.3 Å². The van der Waals surface area contributed by atoms with Crippen molar-refractivity contribution in [2.75, 3.05) is 13.1 Å². The number of aromatic nitrogens is 1. The highest BCUT2D eigenvalue weighted by atomic mass is 32.1. The molecular formula is C24H27N3O2S. The van der Waals surface area contributed by atoms with Gasteiger partial charge in [-0.1, -0.05) is 31.0 Å². The lowest BCUT2D eigenvalue weighted by molar-refractivity contribution is -0.127. The van der Waals surface area contributed by atoms with E-state index in [-0.39, 0.29) is 17.7 Å². The number of piperidine rings is 1. The fourth-order valence-corrected chi connectivity index (χ4v) is 5.71. The lowest BCUT2D eigenvalue weighted by Gasteiger charge is -2.31. The number of amides is 2. The molecule has 30 heavy (non-hydrogen) atoms. The third-order valence-corrected chi connectivity index (χ3v) is 7.57. The van der Waals surface area contributed by atoms with E-state index in [4.69, 9.17) is 0 Å². The molecular weight excluding hydrogens is 394 g/mol. The van der Waals surface area contributed by atoms with Gasteiger partial charge in [-0.05, 0) is 55.3 Å². The fraction of sp³-hybridized carbons (Fsp3) is 0.417. The van der Waals surface area contributed by atoms with Gasteiger partial charge in [0.15, 0.2) is 0 Å². The number of hydrogen-bond acceptors (Lipinski definition) is 3. The lowest BCUT2D eigenvalue weighted by Crippen LogP contribution is -2.44. The average molecular weight is 422 g/mol. The van der Waals surface area contributed by atoms with Crippen LogP contribution in [-0.2, 0) is 4.79 Å². The fourth-order valence-electron chi connectivity index (χ4n) is 4.74. The van der Waals surface area contributed by atoms with Gasteiger partial charge in [0, 0.05) is 31.2 Å². The van der Waals surface area contributed by atoms with Gasteiger partial charge in [-0.15, -0.1) is 11.3 Å². The molecule has 5 rings (SSSR count). The molecule has 0 bridgehead atoms. The summed E-state index contributed by atoms with van der Waals surface area (Å²) >= 11 is 1.53. The Kier molecular flexibility index (Phi) is 5.34. The van der Waals surface area contributed by atoms with Gasteiger partial charge in [0.05, 0.1) is 10.4 Å². The summed E-state index contributed by atoms with van der Waals surface area (Å²) in [6, 6.07) is 14.7. The number of para-hydroxylation sites is 1. The molecule has 2 aromatic heterocycles. The molecule has 3 aromatic rings. The quantitative estimate of drug-likeness (QED) is 0.669. The van der Waals surface area contributed by atoms with Crippen LogP contribution in [0.2, 0.25) is 0 Å². The molecule has 156 valence electrons. The Morgan fingerprint density at radius 2 is 1.70 bits per heavy atom. The third kappa shape index (κ3) is 3.76. The Labute approximate surface area is 180 Å². The molecule has 0 atom stereocenters. The first-order chi connectivity index (χ1) is 14.7. The summed E-state index contributed by atoms with van der Waals surface area (Å²) in [5.74, 6) is 0.309. The van der Waals surface area contributed by atoms with Crippen LogP contribution in [0.15, 0.2) is 48.7 Å². The molecule has 3 heterocycles. The van der Waals surface area contributed by atoms with Crippen molar-refractivity contribution in [1.82, 2.24) is 14.8 Å². The third-order valence-electron chi connectivity index (χ3n) is 6.49. The van der Waals surface area contributed by atoms with Gasteiger partial charge in [0.1, 0.15) is 5.00 Å². The maximum Gasteiger partial charge on any atom is 0.263 e. The smallest absolute Gasteiger partial charge is 0.263 e. The lowest BCUT2D eigenvalue weighted by atomic mass is 9.95. The van der Waals surface area contributed by atoms with Gasteiger partial charge in [-0.25, -0.2) is 0 Å². The predicted octanol–water partition coefficient (Wildman–Crippen LogP) is 4.60. The molecule has 1 aromatic carbocycles. The maximum atomic E-state index is 13.0. The second-order valence-corrected chi connectivity index (χ2v) is 9.50. The SMILES string of the molecule is O=C(NC1CCCC1)C1CCN(C(=O)c2ccc(-n3ccc4ccccc43)s2)CC1. The second kappa shape index (κ2) is 8.26. The van der Waals surface area contributed by atoms with E-state index in [1.165, 1.54) is 29.6 Å². The van der Waals surface area contributed by atoms with Crippen LogP contribution in [0.3, 0.4) is 0 Å². The number of carbonyl (C=O) groups is 2. The van der Waals surface area contributed by atoms with Crippen molar-refractivity contribution in [3.05, 3.63) is 53.5 Å². The first kappa shape index (κ1) is 19.4. The number of nitrogens with zero attached hydrogens (tertiary/aromatic N) is 2. The first-order valence-electron chi connectivity index (χ1n) is 10.9. The molecule has 1 saturated carbocycles. The van der Waals surface area contributed by atoms with Gasteiger partial charge in [-0.2, -0.15) is 0 Å². The van der Waals surface area contributed by atoms with E-state index in [1.807, 2.05) is 29.2 Å². The molecule has 1 aliphatic carbocycles. The minimum absolute atomic E-state index is 0.0415. The molecule has 1 N–H and O–H groups in total. The van der Waals surface area contributed by atoms with Crippen molar-refractivity contribution in [3.63, 3.8) is 0 Å². The monoisotopic (exact) mass is 421 g/mol. The Hall–Kier alpha value is -2.60. The van der Waals surface area contributed by atoms with Crippen LogP contribution in [-0.4, -0.2) is 40.4 Å². The van der Waals surface area contributed by atoms with E-state index in [0.717, 1.165) is 41.1 Å². The molecule has 1 saturated heterocycles. The van der Waals surface area contributed by atoms with Crippen molar-refractivity contribution < 1.29 is 9.59 Å². The summed E-state index contributed by atoms with van der Waals surface area (Å²) in [7, 11) is 0. The van der Waals surface area contributed by atoms with Crippen molar-refractivity contribution in [1.29, 1.82) is 0 Å². The number of nitrogens with one attached hydrogen (secondary N) is 1. The van der Waals surface area contributed by atoms with Crippen LogP contribution < -0.4 is 5.32 Å². The van der Waals surface area contributed by atoms with Crippen molar-refractivity contribution in [2.24, 2.45) is 5.92 Å². The van der Waals surface area contributed by atoms with E-state index >= 15 is 0 Å². The molecule has 2 fully saturated rings. The summed E-state index contributed by atoms with van der Waals surface area (Å²) < 4.78 is 2.14. The average Bonchev–Trinajstić information content (AvgIpc) is 3.53. The van der Waals surface area contributed by atoms with Gasteiger partial charge >= 0.3 is 0 Å². The summed E-state index contributed by atoms with van der Waals surface area (Å²) in [5, 5.41) is 5.45. The van der Waals surface area contributed by atoms with Crippen molar-refractivity contribution in [2.45, 2.75) is 44.6 Å². The number of thiophene rings is 1.